The Balaban J connectivity index is 0.986. The van der Waals surface area contributed by atoms with Crippen molar-refractivity contribution in [3.05, 3.63) is 272 Å². The van der Waals surface area contributed by atoms with Crippen LogP contribution >= 0.6 is 0 Å². The summed E-state index contributed by atoms with van der Waals surface area (Å²) in [5.74, 6) is 0. The first-order chi connectivity index (χ1) is 36.9. The second-order valence-electron chi connectivity index (χ2n) is 21.9. The third kappa shape index (κ3) is 6.14. The lowest BCUT2D eigenvalue weighted by atomic mass is 9.33. The number of hydrogen-bond acceptors (Lipinski definition) is 2. The molecular formula is C70H53BN2Si2. The molecule has 11 aromatic carbocycles. The Labute approximate surface area is 443 Å². The predicted octanol–water partition coefficient (Wildman–Crippen LogP) is 9.78. The van der Waals surface area contributed by atoms with Crippen molar-refractivity contribution in [1.29, 1.82) is 0 Å². The van der Waals surface area contributed by atoms with Crippen molar-refractivity contribution in [1.82, 2.24) is 0 Å². The van der Waals surface area contributed by atoms with Gasteiger partial charge in [0.05, 0.1) is 0 Å². The van der Waals surface area contributed by atoms with Crippen LogP contribution in [-0.2, 0) is 5.41 Å². The zero-order valence-electron chi connectivity index (χ0n) is 42.4. The summed E-state index contributed by atoms with van der Waals surface area (Å²) >= 11 is 0. The van der Waals surface area contributed by atoms with E-state index in [1.807, 2.05) is 0 Å². The van der Waals surface area contributed by atoms with Crippen molar-refractivity contribution in [2.75, 3.05) is 9.80 Å². The molecule has 0 aromatic heterocycles. The highest BCUT2D eigenvalue weighted by molar-refractivity contribution is 7.23. The van der Waals surface area contributed by atoms with Crippen LogP contribution in [0.4, 0.5) is 34.1 Å². The Morgan fingerprint density at radius 2 is 0.693 bits per heavy atom. The summed E-state index contributed by atoms with van der Waals surface area (Å²) in [7, 11) is -5.56. The molecule has 354 valence electrons. The van der Waals surface area contributed by atoms with Gasteiger partial charge < -0.3 is 9.80 Å². The van der Waals surface area contributed by atoms with Gasteiger partial charge in [-0.2, -0.15) is 0 Å². The highest BCUT2D eigenvalue weighted by Gasteiger charge is 2.51. The third-order valence-electron chi connectivity index (χ3n) is 17.2. The molecule has 2 nitrogen and oxygen atoms in total. The highest BCUT2D eigenvalue weighted by atomic mass is 28.3. The van der Waals surface area contributed by atoms with Crippen LogP contribution in [0, 0.1) is 0 Å². The van der Waals surface area contributed by atoms with Crippen molar-refractivity contribution in [3.8, 4) is 22.3 Å². The third-order valence-corrected chi connectivity index (χ3v) is 26.9. The molecule has 0 atom stereocenters. The van der Waals surface area contributed by atoms with Crippen LogP contribution < -0.4 is 67.7 Å². The molecule has 0 aliphatic carbocycles. The average molecular weight is 989 g/mol. The van der Waals surface area contributed by atoms with Crippen molar-refractivity contribution >= 4 is 115 Å². The topological polar surface area (TPSA) is 6.48 Å². The zero-order chi connectivity index (χ0) is 50.0. The fourth-order valence-electron chi connectivity index (χ4n) is 14.1. The van der Waals surface area contributed by atoms with Crippen LogP contribution in [0.3, 0.4) is 0 Å². The van der Waals surface area contributed by atoms with Crippen LogP contribution in [0.1, 0.15) is 26.3 Å². The number of hydrogen-bond donors (Lipinski definition) is 0. The van der Waals surface area contributed by atoms with Gasteiger partial charge in [-0.05, 0) is 140 Å². The highest BCUT2D eigenvalue weighted by Crippen LogP contribution is 2.46. The molecule has 0 saturated carbocycles. The van der Waals surface area contributed by atoms with E-state index in [2.05, 4.69) is 297 Å². The van der Waals surface area contributed by atoms with Gasteiger partial charge in [-0.1, -0.05) is 239 Å². The van der Waals surface area contributed by atoms with E-state index in [9.17, 15) is 0 Å². The van der Waals surface area contributed by atoms with Gasteiger partial charge in [-0.25, -0.2) is 0 Å². The van der Waals surface area contributed by atoms with E-state index in [4.69, 9.17) is 0 Å². The lowest BCUT2D eigenvalue weighted by Crippen LogP contribution is -2.72. The van der Waals surface area contributed by atoms with Gasteiger partial charge in [-0.3, -0.25) is 0 Å². The summed E-state index contributed by atoms with van der Waals surface area (Å²) < 4.78 is 0. The maximum absolute atomic E-state index is 2.79. The lowest BCUT2D eigenvalue weighted by molar-refractivity contribution is 0.591. The molecule has 4 heterocycles. The molecule has 75 heavy (non-hydrogen) atoms. The molecule has 4 aliphatic rings. The molecule has 4 aliphatic heterocycles. The Kier molecular flexibility index (Phi) is 9.70. The van der Waals surface area contributed by atoms with Crippen LogP contribution in [0.15, 0.2) is 267 Å². The van der Waals surface area contributed by atoms with E-state index >= 15 is 0 Å². The van der Waals surface area contributed by atoms with Crippen molar-refractivity contribution < 1.29 is 0 Å². The largest absolute Gasteiger partial charge is 0.311 e. The molecule has 0 N–H and O–H groups in total. The van der Waals surface area contributed by atoms with Gasteiger partial charge in [0.15, 0.2) is 16.1 Å². The maximum atomic E-state index is 2.61. The summed E-state index contributed by atoms with van der Waals surface area (Å²) in [5.41, 5.74) is 18.0. The van der Waals surface area contributed by atoms with Crippen molar-refractivity contribution in [2.24, 2.45) is 0 Å². The Morgan fingerprint density at radius 3 is 1.16 bits per heavy atom. The first-order valence-corrected chi connectivity index (χ1v) is 30.5. The van der Waals surface area contributed by atoms with Gasteiger partial charge in [0.1, 0.15) is 0 Å². The van der Waals surface area contributed by atoms with E-state index in [-0.39, 0.29) is 12.1 Å². The fraction of sp³-hybridized carbons (Fsp3) is 0.0571. The van der Waals surface area contributed by atoms with Crippen LogP contribution in [0.5, 0.6) is 0 Å². The number of anilines is 6. The number of rotatable bonds is 6. The summed E-state index contributed by atoms with van der Waals surface area (Å²) in [6, 6.07) is 103. The number of fused-ring (bicyclic) bond motifs is 10. The van der Waals surface area contributed by atoms with Crippen molar-refractivity contribution in [3.63, 3.8) is 0 Å². The van der Waals surface area contributed by atoms with Gasteiger partial charge in [-0.15, -0.1) is 0 Å². The van der Waals surface area contributed by atoms with Gasteiger partial charge in [0, 0.05) is 34.1 Å². The monoisotopic (exact) mass is 988 g/mol. The predicted molar refractivity (Wildman–Crippen MR) is 324 cm³/mol. The molecule has 0 spiro atoms. The molecule has 15 rings (SSSR count). The molecule has 5 heteroatoms. The van der Waals surface area contributed by atoms with E-state index in [1.54, 1.807) is 0 Å². The summed E-state index contributed by atoms with van der Waals surface area (Å²) in [5, 5.41) is 11.4. The number of para-hydroxylation sites is 1. The quantitative estimate of drug-likeness (QED) is 0.153. The first-order valence-electron chi connectivity index (χ1n) is 26.5. The second kappa shape index (κ2) is 16.5. The number of benzene rings is 11. The van der Waals surface area contributed by atoms with E-state index in [1.165, 1.54) is 120 Å². The molecule has 11 aromatic rings. The van der Waals surface area contributed by atoms with Gasteiger partial charge in [0.2, 0.25) is 0 Å². The molecule has 0 amide bonds. The minimum Gasteiger partial charge on any atom is -0.311 e. The lowest BCUT2D eigenvalue weighted by Gasteiger charge is -2.44. The molecule has 0 radical (unpaired) electrons. The summed E-state index contributed by atoms with van der Waals surface area (Å²) in [6.07, 6.45) is 0. The van der Waals surface area contributed by atoms with Gasteiger partial charge >= 0.3 is 0 Å². The first kappa shape index (κ1) is 44.0. The zero-order valence-corrected chi connectivity index (χ0v) is 44.4. The minimum absolute atomic E-state index is 0.0128. The minimum atomic E-state index is -2.79. The Hall–Kier alpha value is -8.48. The standard InChI is InChI=1S/C70H53BN2Si2/c1-70(2,3)48-39-44-62-60(45-48)71-59-33-18-19-34-61(59)72(49-40-42-57-55-31-16-20-37-65(55)74(67(57)46-49,51-23-8-4-9-24-51)52-25-10-5-11-26-52)63-35-22-36-64(69(63)71)73(62)50-41-43-58-56-32-17-21-38-66(56)75(68(58)47-50,53-27-12-6-13-28-53)54-29-14-7-15-30-54/h4-47H,1-3H3. The smallest absolute Gasteiger partial charge is 0.252 e. The summed E-state index contributed by atoms with van der Waals surface area (Å²) in [6.45, 7) is 7.06. The Morgan fingerprint density at radius 1 is 0.307 bits per heavy atom. The van der Waals surface area contributed by atoms with E-state index < -0.39 is 16.1 Å². The van der Waals surface area contributed by atoms with E-state index in [0.29, 0.717) is 0 Å². The normalized spacial score (nSPS) is 14.7. The van der Waals surface area contributed by atoms with Crippen molar-refractivity contribution in [2.45, 2.75) is 26.2 Å². The summed E-state index contributed by atoms with van der Waals surface area (Å²) in [4.78, 5) is 5.21. The van der Waals surface area contributed by atoms with Crippen LogP contribution in [0.2, 0.25) is 0 Å². The Bertz CT molecular complexity index is 3980. The SMILES string of the molecule is CC(C)(C)c1ccc2c(c1)B1c3ccccc3N(c3ccc4c(c3)[Si](c3ccccc3)(c3ccccc3)c3ccccc3-4)c3cccc(c31)N2c1ccc2c(c1)[Si](c1ccccc1)(c1ccccc1)c1ccccc1-2. The van der Waals surface area contributed by atoms with E-state index in [0.717, 1.165) is 0 Å². The van der Waals surface area contributed by atoms with Crippen LogP contribution in [0.25, 0.3) is 22.3 Å². The molecule has 0 bridgehead atoms. The molecule has 0 unspecified atom stereocenters. The molecule has 0 saturated heterocycles. The fourth-order valence-corrected chi connectivity index (χ4v) is 24.5. The van der Waals surface area contributed by atoms with Gasteiger partial charge in [0.25, 0.3) is 6.71 Å². The molecule has 0 fully saturated rings. The molecular weight excluding hydrogens is 936 g/mol. The second-order valence-corrected chi connectivity index (χ2v) is 29.4. The van der Waals surface area contributed by atoms with Crippen LogP contribution in [-0.4, -0.2) is 22.9 Å². The average Bonchev–Trinajstić information content (AvgIpc) is 3.93. The maximum Gasteiger partial charge on any atom is 0.252 e. The number of nitrogens with zero attached hydrogens (tertiary/aromatic N) is 2.